The van der Waals surface area contributed by atoms with Crippen molar-refractivity contribution in [2.45, 2.75) is 25.3 Å². The summed E-state index contributed by atoms with van der Waals surface area (Å²) in [7, 11) is 1.31. The number of esters is 1. The second-order valence-corrected chi connectivity index (χ2v) is 7.74. The number of fused-ring (bicyclic) bond motifs is 3. The first-order chi connectivity index (χ1) is 15.1. The maximum absolute atomic E-state index is 12.6. The van der Waals surface area contributed by atoms with E-state index in [1.807, 2.05) is 55.5 Å². The van der Waals surface area contributed by atoms with Crippen LogP contribution in [-0.4, -0.2) is 31.8 Å². The standard InChI is InChI=1S/C26H25NO4/c1-17-11-13-18(14-12-17)15-24(25(28)30-2)27-26(29)31-16-23-21-9-5-3-7-19(21)20-8-4-6-10-22(20)23/h3-14,23-24H,15-16H2,1-2H3,(H,27,29)/t24-/m0/s1. The van der Waals surface area contributed by atoms with Crippen molar-refractivity contribution in [3.05, 3.63) is 95.1 Å². The highest BCUT2D eigenvalue weighted by molar-refractivity contribution is 5.82. The molecule has 1 aliphatic rings. The zero-order valence-electron chi connectivity index (χ0n) is 17.6. The maximum Gasteiger partial charge on any atom is 0.407 e. The van der Waals surface area contributed by atoms with Gasteiger partial charge in [0.15, 0.2) is 0 Å². The van der Waals surface area contributed by atoms with Gasteiger partial charge in [-0.05, 0) is 34.7 Å². The molecule has 0 bridgehead atoms. The Balaban J connectivity index is 1.44. The fourth-order valence-corrected chi connectivity index (χ4v) is 4.08. The van der Waals surface area contributed by atoms with E-state index in [9.17, 15) is 9.59 Å². The fourth-order valence-electron chi connectivity index (χ4n) is 4.08. The van der Waals surface area contributed by atoms with Crippen LogP contribution < -0.4 is 5.32 Å². The predicted molar refractivity (Wildman–Crippen MR) is 119 cm³/mol. The summed E-state index contributed by atoms with van der Waals surface area (Å²) in [5.41, 5.74) is 6.67. The Morgan fingerprint density at radius 2 is 1.48 bits per heavy atom. The van der Waals surface area contributed by atoms with E-state index in [1.165, 1.54) is 18.2 Å². The Hall–Kier alpha value is -3.60. The van der Waals surface area contributed by atoms with Crippen molar-refractivity contribution in [3.8, 4) is 11.1 Å². The Morgan fingerprint density at radius 1 is 0.903 bits per heavy atom. The molecule has 1 N–H and O–H groups in total. The minimum atomic E-state index is -0.816. The van der Waals surface area contributed by atoms with Crippen molar-refractivity contribution in [1.82, 2.24) is 5.32 Å². The SMILES string of the molecule is COC(=O)[C@H](Cc1ccc(C)cc1)NC(=O)OCC1c2ccccc2-c2ccccc21. The van der Waals surface area contributed by atoms with Gasteiger partial charge >= 0.3 is 12.1 Å². The lowest BCUT2D eigenvalue weighted by Crippen LogP contribution is -2.43. The van der Waals surface area contributed by atoms with Gasteiger partial charge in [0, 0.05) is 12.3 Å². The molecule has 0 unspecified atom stereocenters. The Kier molecular flexibility index (Phi) is 6.03. The summed E-state index contributed by atoms with van der Waals surface area (Å²) in [6.07, 6.45) is -0.304. The third kappa shape index (κ3) is 4.45. The molecule has 0 saturated heterocycles. The topological polar surface area (TPSA) is 64.6 Å². The highest BCUT2D eigenvalue weighted by Crippen LogP contribution is 2.44. The third-order valence-corrected chi connectivity index (χ3v) is 5.68. The molecule has 1 atom stereocenters. The van der Waals surface area contributed by atoms with Gasteiger partial charge in [-0.3, -0.25) is 0 Å². The first-order valence-corrected chi connectivity index (χ1v) is 10.3. The number of rotatable bonds is 6. The lowest BCUT2D eigenvalue weighted by molar-refractivity contribution is -0.142. The number of amides is 1. The largest absolute Gasteiger partial charge is 0.467 e. The second kappa shape index (κ2) is 9.04. The van der Waals surface area contributed by atoms with Crippen LogP contribution >= 0.6 is 0 Å². The first kappa shape index (κ1) is 20.7. The summed E-state index contributed by atoms with van der Waals surface area (Å²) < 4.78 is 10.4. The molecule has 158 valence electrons. The lowest BCUT2D eigenvalue weighted by Gasteiger charge is -2.18. The van der Waals surface area contributed by atoms with Gasteiger partial charge in [-0.15, -0.1) is 0 Å². The molecule has 3 aromatic carbocycles. The number of ether oxygens (including phenoxy) is 2. The van der Waals surface area contributed by atoms with Crippen LogP contribution in [0.5, 0.6) is 0 Å². The highest BCUT2D eigenvalue weighted by Gasteiger charge is 2.30. The molecule has 31 heavy (non-hydrogen) atoms. The highest BCUT2D eigenvalue weighted by atomic mass is 16.6. The molecule has 1 amide bonds. The number of aryl methyl sites for hydroxylation is 1. The minimum Gasteiger partial charge on any atom is -0.467 e. The molecule has 0 saturated carbocycles. The Morgan fingerprint density at radius 3 is 2.06 bits per heavy atom. The number of hydrogen-bond acceptors (Lipinski definition) is 4. The van der Waals surface area contributed by atoms with Crippen molar-refractivity contribution in [1.29, 1.82) is 0 Å². The summed E-state index contributed by atoms with van der Waals surface area (Å²) in [5.74, 6) is -0.541. The molecule has 3 aromatic rings. The van der Waals surface area contributed by atoms with Crippen LogP contribution in [0.3, 0.4) is 0 Å². The summed E-state index contributed by atoms with van der Waals surface area (Å²) in [5, 5.41) is 2.67. The molecule has 5 heteroatoms. The minimum absolute atomic E-state index is 0.0353. The van der Waals surface area contributed by atoms with Crippen LogP contribution in [0.25, 0.3) is 11.1 Å². The van der Waals surface area contributed by atoms with E-state index in [1.54, 1.807) is 0 Å². The number of carbonyl (C=O) groups excluding carboxylic acids is 2. The maximum atomic E-state index is 12.6. The quantitative estimate of drug-likeness (QED) is 0.597. The van der Waals surface area contributed by atoms with Crippen molar-refractivity contribution in [2.24, 2.45) is 0 Å². The van der Waals surface area contributed by atoms with Crippen LogP contribution in [0.1, 0.15) is 28.2 Å². The van der Waals surface area contributed by atoms with Crippen LogP contribution in [0.4, 0.5) is 4.79 Å². The van der Waals surface area contributed by atoms with E-state index in [4.69, 9.17) is 9.47 Å². The third-order valence-electron chi connectivity index (χ3n) is 5.68. The van der Waals surface area contributed by atoms with E-state index in [0.29, 0.717) is 6.42 Å². The normalized spacial score (nSPS) is 13.1. The van der Waals surface area contributed by atoms with E-state index in [2.05, 4.69) is 29.6 Å². The molecule has 0 aliphatic heterocycles. The van der Waals surface area contributed by atoms with E-state index in [0.717, 1.165) is 22.3 Å². The number of hydrogen-bond donors (Lipinski definition) is 1. The molecule has 4 rings (SSSR count). The smallest absolute Gasteiger partial charge is 0.407 e. The second-order valence-electron chi connectivity index (χ2n) is 7.74. The zero-order chi connectivity index (χ0) is 21.8. The summed E-state index contributed by atoms with van der Waals surface area (Å²) in [4.78, 5) is 24.8. The van der Waals surface area contributed by atoms with Crippen molar-refractivity contribution in [2.75, 3.05) is 13.7 Å². The van der Waals surface area contributed by atoms with Gasteiger partial charge in [-0.2, -0.15) is 0 Å². The molecular weight excluding hydrogens is 390 g/mol. The Labute approximate surface area is 182 Å². The average molecular weight is 415 g/mol. The summed E-state index contributed by atoms with van der Waals surface area (Å²) >= 11 is 0. The summed E-state index contributed by atoms with van der Waals surface area (Å²) in [6, 6.07) is 23.3. The van der Waals surface area contributed by atoms with Crippen molar-refractivity contribution < 1.29 is 19.1 Å². The molecule has 0 spiro atoms. The van der Waals surface area contributed by atoms with Gasteiger partial charge in [-0.1, -0.05) is 78.4 Å². The van der Waals surface area contributed by atoms with Crippen LogP contribution in [0, 0.1) is 6.92 Å². The number of methoxy groups -OCH3 is 1. The monoisotopic (exact) mass is 415 g/mol. The van der Waals surface area contributed by atoms with E-state index < -0.39 is 18.1 Å². The number of benzene rings is 3. The fraction of sp³-hybridized carbons (Fsp3) is 0.231. The number of carbonyl (C=O) groups is 2. The molecule has 0 heterocycles. The average Bonchev–Trinajstić information content (AvgIpc) is 3.12. The van der Waals surface area contributed by atoms with Crippen molar-refractivity contribution >= 4 is 12.1 Å². The van der Waals surface area contributed by atoms with Gasteiger partial charge in [0.1, 0.15) is 12.6 Å². The molecule has 0 aromatic heterocycles. The van der Waals surface area contributed by atoms with Crippen LogP contribution in [-0.2, 0) is 20.7 Å². The lowest BCUT2D eigenvalue weighted by atomic mass is 9.98. The number of nitrogens with one attached hydrogen (secondary N) is 1. The zero-order valence-corrected chi connectivity index (χ0v) is 17.6. The number of alkyl carbamates (subject to hydrolysis) is 1. The van der Waals surface area contributed by atoms with Gasteiger partial charge < -0.3 is 14.8 Å². The summed E-state index contributed by atoms with van der Waals surface area (Å²) in [6.45, 7) is 2.19. The van der Waals surface area contributed by atoms with Crippen LogP contribution in [0.2, 0.25) is 0 Å². The van der Waals surface area contributed by atoms with Crippen LogP contribution in [0.15, 0.2) is 72.8 Å². The molecule has 0 radical (unpaired) electrons. The molecule has 5 nitrogen and oxygen atoms in total. The van der Waals surface area contributed by atoms with Gasteiger partial charge in [0.2, 0.25) is 0 Å². The molecule has 1 aliphatic carbocycles. The van der Waals surface area contributed by atoms with Crippen molar-refractivity contribution in [3.63, 3.8) is 0 Å². The van der Waals surface area contributed by atoms with E-state index in [-0.39, 0.29) is 12.5 Å². The molecule has 0 fully saturated rings. The molecular formula is C26H25NO4. The van der Waals surface area contributed by atoms with E-state index >= 15 is 0 Å². The Bertz CT molecular complexity index is 1050. The van der Waals surface area contributed by atoms with Gasteiger partial charge in [0.25, 0.3) is 0 Å². The first-order valence-electron chi connectivity index (χ1n) is 10.3. The predicted octanol–water partition coefficient (Wildman–Crippen LogP) is 4.62. The van der Waals surface area contributed by atoms with Gasteiger partial charge in [-0.25, -0.2) is 9.59 Å². The van der Waals surface area contributed by atoms with Gasteiger partial charge in [0.05, 0.1) is 7.11 Å².